The second-order valence-electron chi connectivity index (χ2n) is 5.80. The lowest BCUT2D eigenvalue weighted by Crippen LogP contribution is -2.30. The van der Waals surface area contributed by atoms with Gasteiger partial charge in [-0.2, -0.15) is 0 Å². The summed E-state index contributed by atoms with van der Waals surface area (Å²) in [4.78, 5) is 16.1. The van der Waals surface area contributed by atoms with Crippen molar-refractivity contribution in [3.63, 3.8) is 0 Å². The Morgan fingerprint density at radius 3 is 2.31 bits per heavy atom. The number of methoxy groups -OCH3 is 2. The number of carbonyl (C=O) groups is 1. The van der Waals surface area contributed by atoms with Crippen molar-refractivity contribution in [1.82, 2.24) is 0 Å². The number of benzene rings is 2. The molecule has 0 aliphatic carbocycles. The van der Waals surface area contributed by atoms with E-state index < -0.39 is 0 Å². The van der Waals surface area contributed by atoms with Gasteiger partial charge in [-0.05, 0) is 53.4 Å². The van der Waals surface area contributed by atoms with Crippen molar-refractivity contribution in [1.29, 1.82) is 0 Å². The predicted octanol–water partition coefficient (Wildman–Crippen LogP) is 4.75. The second-order valence-corrected chi connectivity index (χ2v) is 6.83. The van der Waals surface area contributed by atoms with Crippen molar-refractivity contribution in [2.75, 3.05) is 19.1 Å². The molecule has 0 aliphatic heterocycles. The number of anilines is 1. The Morgan fingerprint density at radius 1 is 1.00 bits per heavy atom. The molecule has 1 heterocycles. The molecule has 3 rings (SSSR count). The minimum absolute atomic E-state index is 0.0347. The maximum atomic E-state index is 13.2. The summed E-state index contributed by atoms with van der Waals surface area (Å²) in [6, 6.07) is 19.1. The first-order chi connectivity index (χ1) is 12.7. The van der Waals surface area contributed by atoms with Gasteiger partial charge in [0.15, 0.2) is 0 Å². The van der Waals surface area contributed by atoms with Crippen LogP contribution in [0.4, 0.5) is 5.69 Å². The smallest absolute Gasteiger partial charge is 0.258 e. The molecule has 0 saturated heterocycles. The number of hydrogen-bond acceptors (Lipinski definition) is 4. The van der Waals surface area contributed by atoms with Gasteiger partial charge in [0.1, 0.15) is 5.75 Å². The Balaban J connectivity index is 1.89. The second kappa shape index (κ2) is 8.65. The minimum atomic E-state index is -0.0347. The molecule has 0 spiro atoms. The molecular weight excluding hydrogens is 346 g/mol. The van der Waals surface area contributed by atoms with Crippen LogP contribution in [0.2, 0.25) is 0 Å². The Hall–Kier alpha value is -2.63. The summed E-state index contributed by atoms with van der Waals surface area (Å²) in [6.07, 6.45) is 0. The average Bonchev–Trinajstić information content (AvgIpc) is 3.20. The number of thiophene rings is 1. The van der Waals surface area contributed by atoms with E-state index in [9.17, 15) is 4.79 Å². The summed E-state index contributed by atoms with van der Waals surface area (Å²) in [6.45, 7) is 1.06. The fourth-order valence-corrected chi connectivity index (χ4v) is 3.36. The third-order valence-electron chi connectivity index (χ3n) is 4.04. The van der Waals surface area contributed by atoms with Crippen molar-refractivity contribution in [2.24, 2.45) is 0 Å². The number of hydrogen-bond donors (Lipinski definition) is 0. The Morgan fingerprint density at radius 2 is 1.73 bits per heavy atom. The SMILES string of the molecule is COCc1ccc(C(=O)N(Cc2cccs2)c2ccc(OC)cc2)cc1. The molecule has 0 unspecified atom stereocenters. The van der Waals surface area contributed by atoms with Crippen LogP contribution in [0, 0.1) is 0 Å². The largest absolute Gasteiger partial charge is 0.497 e. The number of carbonyl (C=O) groups excluding carboxylic acids is 1. The van der Waals surface area contributed by atoms with Crippen molar-refractivity contribution in [3.05, 3.63) is 82.0 Å². The molecule has 26 heavy (non-hydrogen) atoms. The fourth-order valence-electron chi connectivity index (χ4n) is 2.67. The number of ether oxygens (including phenoxy) is 2. The van der Waals surface area contributed by atoms with Gasteiger partial charge in [0.25, 0.3) is 5.91 Å². The molecule has 0 saturated carbocycles. The van der Waals surface area contributed by atoms with Crippen molar-refractivity contribution < 1.29 is 14.3 Å². The van der Waals surface area contributed by atoms with Crippen LogP contribution < -0.4 is 9.64 Å². The van der Waals surface area contributed by atoms with Crippen LogP contribution in [0.3, 0.4) is 0 Å². The zero-order chi connectivity index (χ0) is 18.4. The molecule has 0 bridgehead atoms. The summed E-state index contributed by atoms with van der Waals surface area (Å²) in [5.74, 6) is 0.730. The fraction of sp³-hybridized carbons (Fsp3) is 0.190. The van der Waals surface area contributed by atoms with Crippen LogP contribution >= 0.6 is 11.3 Å². The molecule has 3 aromatic rings. The van der Waals surface area contributed by atoms with Gasteiger partial charge in [-0.1, -0.05) is 18.2 Å². The molecule has 1 aromatic heterocycles. The molecule has 2 aromatic carbocycles. The molecule has 5 heteroatoms. The summed E-state index contributed by atoms with van der Waals surface area (Å²) in [7, 11) is 3.29. The lowest BCUT2D eigenvalue weighted by Gasteiger charge is -2.23. The monoisotopic (exact) mass is 367 g/mol. The number of rotatable bonds is 7. The molecule has 134 valence electrons. The quantitative estimate of drug-likeness (QED) is 0.605. The molecule has 0 aliphatic rings. The molecule has 0 atom stereocenters. The highest BCUT2D eigenvalue weighted by atomic mass is 32.1. The van der Waals surface area contributed by atoms with Gasteiger partial charge in [0, 0.05) is 23.2 Å². The number of amides is 1. The summed E-state index contributed by atoms with van der Waals surface area (Å²) >= 11 is 1.64. The van der Waals surface area contributed by atoms with E-state index in [1.54, 1.807) is 30.5 Å². The lowest BCUT2D eigenvalue weighted by molar-refractivity contribution is 0.0985. The third kappa shape index (κ3) is 4.31. The first kappa shape index (κ1) is 18.2. The minimum Gasteiger partial charge on any atom is -0.497 e. The Bertz CT molecular complexity index is 827. The maximum absolute atomic E-state index is 13.2. The van der Waals surface area contributed by atoms with Crippen LogP contribution in [0.1, 0.15) is 20.8 Å². The highest BCUT2D eigenvalue weighted by Crippen LogP contribution is 2.24. The van der Waals surface area contributed by atoms with Gasteiger partial charge in [0.05, 0.1) is 20.3 Å². The zero-order valence-electron chi connectivity index (χ0n) is 14.8. The van der Waals surface area contributed by atoms with Crippen molar-refractivity contribution in [2.45, 2.75) is 13.2 Å². The molecule has 0 radical (unpaired) electrons. The van der Waals surface area contributed by atoms with E-state index in [0.29, 0.717) is 18.7 Å². The van der Waals surface area contributed by atoms with Crippen molar-refractivity contribution >= 4 is 22.9 Å². The van der Waals surface area contributed by atoms with Crippen LogP contribution in [0.5, 0.6) is 5.75 Å². The van der Waals surface area contributed by atoms with Crippen LogP contribution in [0.25, 0.3) is 0 Å². The van der Waals surface area contributed by atoms with E-state index in [-0.39, 0.29) is 5.91 Å². The van der Waals surface area contributed by atoms with Gasteiger partial charge < -0.3 is 14.4 Å². The van der Waals surface area contributed by atoms with E-state index in [1.165, 1.54) is 0 Å². The predicted molar refractivity (Wildman–Crippen MR) is 105 cm³/mol. The summed E-state index contributed by atoms with van der Waals surface area (Å²) < 4.78 is 10.4. The molecule has 0 N–H and O–H groups in total. The van der Waals surface area contributed by atoms with Gasteiger partial charge >= 0.3 is 0 Å². The van der Waals surface area contributed by atoms with Crippen LogP contribution in [0.15, 0.2) is 66.0 Å². The van der Waals surface area contributed by atoms with Crippen molar-refractivity contribution in [3.8, 4) is 5.75 Å². The van der Waals surface area contributed by atoms with E-state index >= 15 is 0 Å². The topological polar surface area (TPSA) is 38.8 Å². The normalized spacial score (nSPS) is 10.5. The average molecular weight is 367 g/mol. The maximum Gasteiger partial charge on any atom is 0.258 e. The van der Waals surface area contributed by atoms with Crippen LogP contribution in [-0.2, 0) is 17.9 Å². The van der Waals surface area contributed by atoms with Gasteiger partial charge in [-0.3, -0.25) is 4.79 Å². The van der Waals surface area contributed by atoms with E-state index in [4.69, 9.17) is 9.47 Å². The first-order valence-electron chi connectivity index (χ1n) is 8.27. The summed E-state index contributed by atoms with van der Waals surface area (Å²) in [5.41, 5.74) is 2.53. The molecular formula is C21H21NO3S. The lowest BCUT2D eigenvalue weighted by atomic mass is 10.1. The Kier molecular flexibility index (Phi) is 6.04. The molecule has 0 fully saturated rings. The van der Waals surface area contributed by atoms with Gasteiger partial charge in [-0.25, -0.2) is 0 Å². The van der Waals surface area contributed by atoms with Gasteiger partial charge in [0.2, 0.25) is 0 Å². The molecule has 4 nitrogen and oxygen atoms in total. The number of nitrogens with zero attached hydrogens (tertiary/aromatic N) is 1. The van der Waals surface area contributed by atoms with E-state index in [0.717, 1.165) is 21.9 Å². The highest BCUT2D eigenvalue weighted by molar-refractivity contribution is 7.09. The van der Waals surface area contributed by atoms with Gasteiger partial charge in [-0.15, -0.1) is 11.3 Å². The van der Waals surface area contributed by atoms with Crippen LogP contribution in [-0.4, -0.2) is 20.1 Å². The van der Waals surface area contributed by atoms with E-state index in [1.807, 2.05) is 66.0 Å². The Labute approximate surface area is 157 Å². The standard InChI is InChI=1S/C21H21NO3S/c1-24-15-16-5-7-17(8-6-16)21(23)22(14-20-4-3-13-26-20)18-9-11-19(25-2)12-10-18/h3-13H,14-15H2,1-2H3. The molecule has 1 amide bonds. The summed E-state index contributed by atoms with van der Waals surface area (Å²) in [5, 5.41) is 2.02. The highest BCUT2D eigenvalue weighted by Gasteiger charge is 2.19. The third-order valence-corrected chi connectivity index (χ3v) is 4.90. The van der Waals surface area contributed by atoms with E-state index in [2.05, 4.69) is 0 Å². The zero-order valence-corrected chi connectivity index (χ0v) is 15.7. The first-order valence-corrected chi connectivity index (χ1v) is 9.15.